The molecule has 0 spiro atoms. The van der Waals surface area contributed by atoms with Gasteiger partial charge in [0.15, 0.2) is 5.78 Å². The van der Waals surface area contributed by atoms with Crippen LogP contribution in [0.25, 0.3) is 0 Å². The van der Waals surface area contributed by atoms with Crippen molar-refractivity contribution in [3.8, 4) is 0 Å². The van der Waals surface area contributed by atoms with Gasteiger partial charge in [0.2, 0.25) is 5.91 Å². The van der Waals surface area contributed by atoms with Crippen LogP contribution in [0.15, 0.2) is 48.5 Å². The van der Waals surface area contributed by atoms with Crippen LogP contribution < -0.4 is 5.32 Å². The summed E-state index contributed by atoms with van der Waals surface area (Å²) in [6.07, 6.45) is 0.234. The standard InChI is InChI=1S/C21H23NO3/c1-21(2,3)25-13-14-7-6-8-15(11-14)22-20(24)18-12-19(23)17-10-5-4-9-16(17)18/h4-11,18H,12-13H2,1-3H3,(H,22,24). The average Bonchev–Trinajstić information content (AvgIpc) is 2.90. The van der Waals surface area contributed by atoms with Crippen molar-refractivity contribution in [1.82, 2.24) is 0 Å². The highest BCUT2D eigenvalue weighted by Crippen LogP contribution is 2.33. The molecule has 3 rings (SSSR count). The summed E-state index contributed by atoms with van der Waals surface area (Å²) in [4.78, 5) is 24.7. The molecule has 1 unspecified atom stereocenters. The molecule has 0 bridgehead atoms. The number of ether oxygens (including phenoxy) is 1. The van der Waals surface area contributed by atoms with E-state index in [1.807, 2.05) is 63.2 Å². The lowest BCUT2D eigenvalue weighted by Crippen LogP contribution is -2.20. The molecule has 130 valence electrons. The Morgan fingerprint density at radius 1 is 1.16 bits per heavy atom. The summed E-state index contributed by atoms with van der Waals surface area (Å²) >= 11 is 0. The van der Waals surface area contributed by atoms with Gasteiger partial charge >= 0.3 is 0 Å². The third-order valence-electron chi connectivity index (χ3n) is 4.21. The molecular formula is C21H23NO3. The molecule has 0 aromatic heterocycles. The van der Waals surface area contributed by atoms with Crippen molar-refractivity contribution >= 4 is 17.4 Å². The van der Waals surface area contributed by atoms with Crippen molar-refractivity contribution < 1.29 is 14.3 Å². The van der Waals surface area contributed by atoms with E-state index in [4.69, 9.17) is 4.74 Å². The fourth-order valence-electron chi connectivity index (χ4n) is 2.96. The smallest absolute Gasteiger partial charge is 0.232 e. The highest BCUT2D eigenvalue weighted by molar-refractivity contribution is 6.09. The van der Waals surface area contributed by atoms with Gasteiger partial charge in [-0.05, 0) is 44.0 Å². The predicted octanol–water partition coefficient (Wildman–Crippen LogP) is 4.31. The van der Waals surface area contributed by atoms with Gasteiger partial charge in [-0.3, -0.25) is 9.59 Å². The lowest BCUT2D eigenvalue weighted by Gasteiger charge is -2.20. The van der Waals surface area contributed by atoms with E-state index in [0.717, 1.165) is 16.8 Å². The maximum Gasteiger partial charge on any atom is 0.232 e. The number of hydrogen-bond acceptors (Lipinski definition) is 3. The highest BCUT2D eigenvalue weighted by Gasteiger charge is 2.33. The average molecular weight is 337 g/mol. The number of nitrogens with one attached hydrogen (secondary N) is 1. The van der Waals surface area contributed by atoms with Crippen molar-refractivity contribution in [1.29, 1.82) is 0 Å². The van der Waals surface area contributed by atoms with Crippen LogP contribution in [0.4, 0.5) is 5.69 Å². The number of anilines is 1. The molecule has 0 aliphatic heterocycles. The van der Waals surface area contributed by atoms with Crippen LogP contribution in [-0.2, 0) is 16.1 Å². The van der Waals surface area contributed by atoms with Crippen molar-refractivity contribution in [2.45, 2.75) is 45.3 Å². The van der Waals surface area contributed by atoms with Gasteiger partial charge in [-0.1, -0.05) is 36.4 Å². The minimum atomic E-state index is -0.418. The van der Waals surface area contributed by atoms with Crippen molar-refractivity contribution in [2.24, 2.45) is 0 Å². The van der Waals surface area contributed by atoms with Gasteiger partial charge in [0.05, 0.1) is 18.1 Å². The number of ketones is 1. The Morgan fingerprint density at radius 2 is 1.92 bits per heavy atom. The number of fused-ring (bicyclic) bond motifs is 1. The molecule has 1 N–H and O–H groups in total. The summed E-state index contributed by atoms with van der Waals surface area (Å²) in [5.74, 6) is -0.534. The van der Waals surface area contributed by atoms with Crippen LogP contribution in [0.5, 0.6) is 0 Å². The van der Waals surface area contributed by atoms with E-state index >= 15 is 0 Å². The van der Waals surface area contributed by atoms with E-state index in [9.17, 15) is 9.59 Å². The quantitative estimate of drug-likeness (QED) is 0.904. The molecule has 0 heterocycles. The molecule has 0 saturated heterocycles. The normalized spacial score (nSPS) is 16.6. The summed E-state index contributed by atoms with van der Waals surface area (Å²) in [6, 6.07) is 15.0. The maximum atomic E-state index is 12.7. The van der Waals surface area contributed by atoms with Gasteiger partial charge in [-0.2, -0.15) is 0 Å². The summed E-state index contributed by atoms with van der Waals surface area (Å²) < 4.78 is 5.78. The zero-order valence-electron chi connectivity index (χ0n) is 14.8. The lowest BCUT2D eigenvalue weighted by molar-refractivity contribution is -0.117. The van der Waals surface area contributed by atoms with Gasteiger partial charge in [-0.15, -0.1) is 0 Å². The van der Waals surface area contributed by atoms with Crippen LogP contribution in [0, 0.1) is 0 Å². The van der Waals surface area contributed by atoms with E-state index in [0.29, 0.717) is 12.2 Å². The van der Waals surface area contributed by atoms with Gasteiger partial charge in [0.1, 0.15) is 0 Å². The molecule has 25 heavy (non-hydrogen) atoms. The molecule has 0 radical (unpaired) electrons. The Labute approximate surface area is 148 Å². The van der Waals surface area contributed by atoms with Crippen molar-refractivity contribution in [3.05, 3.63) is 65.2 Å². The van der Waals surface area contributed by atoms with E-state index in [1.54, 1.807) is 6.07 Å². The van der Waals surface area contributed by atoms with Crippen LogP contribution in [-0.4, -0.2) is 17.3 Å². The summed E-state index contributed by atoms with van der Waals surface area (Å²) in [6.45, 7) is 6.51. The van der Waals surface area contributed by atoms with E-state index in [2.05, 4.69) is 5.32 Å². The van der Waals surface area contributed by atoms with Crippen LogP contribution >= 0.6 is 0 Å². The Kier molecular flexibility index (Phi) is 4.73. The summed E-state index contributed by atoms with van der Waals surface area (Å²) in [5, 5.41) is 2.94. The first-order chi connectivity index (χ1) is 11.8. The van der Waals surface area contributed by atoms with Crippen molar-refractivity contribution in [3.63, 3.8) is 0 Å². The Morgan fingerprint density at radius 3 is 2.68 bits per heavy atom. The zero-order valence-corrected chi connectivity index (χ0v) is 14.8. The molecule has 4 nitrogen and oxygen atoms in total. The van der Waals surface area contributed by atoms with Crippen LogP contribution in [0.1, 0.15) is 54.6 Å². The second-order valence-electron chi connectivity index (χ2n) is 7.36. The fraction of sp³-hybridized carbons (Fsp3) is 0.333. The molecule has 1 atom stereocenters. The predicted molar refractivity (Wildman–Crippen MR) is 97.7 cm³/mol. The first kappa shape index (κ1) is 17.4. The Hall–Kier alpha value is -2.46. The van der Waals surface area contributed by atoms with E-state index in [1.165, 1.54) is 0 Å². The molecule has 0 fully saturated rings. The number of hydrogen-bond donors (Lipinski definition) is 1. The number of amides is 1. The monoisotopic (exact) mass is 337 g/mol. The molecule has 1 aliphatic rings. The fourth-order valence-corrected chi connectivity index (χ4v) is 2.96. The first-order valence-electron chi connectivity index (χ1n) is 8.49. The van der Waals surface area contributed by atoms with E-state index in [-0.39, 0.29) is 23.7 Å². The molecular weight excluding hydrogens is 314 g/mol. The highest BCUT2D eigenvalue weighted by atomic mass is 16.5. The van der Waals surface area contributed by atoms with Gasteiger partial charge in [0.25, 0.3) is 0 Å². The van der Waals surface area contributed by atoms with Gasteiger partial charge in [-0.25, -0.2) is 0 Å². The first-order valence-corrected chi connectivity index (χ1v) is 8.49. The molecule has 0 saturated carbocycles. The van der Waals surface area contributed by atoms with Crippen LogP contribution in [0.2, 0.25) is 0 Å². The molecule has 4 heteroatoms. The molecule has 2 aromatic carbocycles. The number of Topliss-reactive ketones (excluding diaryl/α,β-unsaturated/α-hetero) is 1. The summed E-state index contributed by atoms with van der Waals surface area (Å²) in [7, 11) is 0. The number of carbonyl (C=O) groups is 2. The van der Waals surface area contributed by atoms with Gasteiger partial charge < -0.3 is 10.1 Å². The number of rotatable bonds is 4. The third kappa shape index (κ3) is 4.15. The third-order valence-corrected chi connectivity index (χ3v) is 4.21. The minimum Gasteiger partial charge on any atom is -0.371 e. The SMILES string of the molecule is CC(C)(C)OCc1cccc(NC(=O)C2CC(=O)c3ccccc32)c1. The molecule has 1 aliphatic carbocycles. The zero-order chi connectivity index (χ0) is 18.0. The van der Waals surface area contributed by atoms with Crippen LogP contribution in [0.3, 0.4) is 0 Å². The molecule has 2 aromatic rings. The largest absolute Gasteiger partial charge is 0.371 e. The Balaban J connectivity index is 1.71. The number of carbonyl (C=O) groups excluding carboxylic acids is 2. The minimum absolute atomic E-state index is 0.0306. The van der Waals surface area contributed by atoms with Crippen molar-refractivity contribution in [2.75, 3.05) is 5.32 Å². The second kappa shape index (κ2) is 6.81. The Bertz CT molecular complexity index is 805. The van der Waals surface area contributed by atoms with Gasteiger partial charge in [0, 0.05) is 17.7 Å². The molecule has 1 amide bonds. The van der Waals surface area contributed by atoms with E-state index < -0.39 is 5.92 Å². The second-order valence-corrected chi connectivity index (χ2v) is 7.36. The topological polar surface area (TPSA) is 55.4 Å². The number of benzene rings is 2. The lowest BCUT2D eigenvalue weighted by atomic mass is 10.0. The summed E-state index contributed by atoms with van der Waals surface area (Å²) in [5.41, 5.74) is 2.98. The maximum absolute atomic E-state index is 12.7.